The van der Waals surface area contributed by atoms with Crippen LogP contribution in [-0.4, -0.2) is 8.42 Å². The van der Waals surface area contributed by atoms with E-state index in [1.807, 2.05) is 12.3 Å². The zero-order chi connectivity index (χ0) is 17.0. The van der Waals surface area contributed by atoms with Crippen molar-refractivity contribution in [3.63, 3.8) is 0 Å². The molecule has 0 bridgehead atoms. The summed E-state index contributed by atoms with van der Waals surface area (Å²) in [6.45, 7) is 1.82. The fourth-order valence-electron chi connectivity index (χ4n) is 1.96. The predicted octanol–water partition coefficient (Wildman–Crippen LogP) is 3.90. The Labute approximate surface area is 137 Å². The SMILES string of the molecule is CCc1cc(SC#N)ccc1NS(=O)(=O)c1cc(F)ccc1F. The van der Waals surface area contributed by atoms with Gasteiger partial charge >= 0.3 is 0 Å². The summed E-state index contributed by atoms with van der Waals surface area (Å²) in [7, 11) is -4.26. The van der Waals surface area contributed by atoms with Gasteiger partial charge in [0, 0.05) is 4.90 Å². The van der Waals surface area contributed by atoms with Gasteiger partial charge in [-0.3, -0.25) is 4.72 Å². The number of nitrogens with zero attached hydrogens (tertiary/aromatic N) is 1. The predicted molar refractivity (Wildman–Crippen MR) is 84.5 cm³/mol. The first-order chi connectivity index (χ1) is 10.9. The largest absolute Gasteiger partial charge is 0.279 e. The van der Waals surface area contributed by atoms with Crippen molar-refractivity contribution in [3.8, 4) is 5.40 Å². The number of nitriles is 1. The highest BCUT2D eigenvalue weighted by Crippen LogP contribution is 2.27. The van der Waals surface area contributed by atoms with E-state index in [2.05, 4.69) is 4.72 Å². The summed E-state index contributed by atoms with van der Waals surface area (Å²) in [6, 6.07) is 6.98. The number of benzene rings is 2. The van der Waals surface area contributed by atoms with Crippen LogP contribution in [0.2, 0.25) is 0 Å². The number of thioether (sulfide) groups is 1. The van der Waals surface area contributed by atoms with Gasteiger partial charge in [0.1, 0.15) is 21.9 Å². The molecule has 0 atom stereocenters. The van der Waals surface area contributed by atoms with Crippen molar-refractivity contribution in [1.82, 2.24) is 0 Å². The Bertz CT molecular complexity index is 878. The number of hydrogen-bond donors (Lipinski definition) is 1. The molecule has 0 heterocycles. The highest BCUT2D eigenvalue weighted by molar-refractivity contribution is 8.03. The summed E-state index contributed by atoms with van der Waals surface area (Å²) in [6.07, 6.45) is 0.503. The van der Waals surface area contributed by atoms with Gasteiger partial charge in [0.05, 0.1) is 5.69 Å². The average Bonchev–Trinajstić information content (AvgIpc) is 2.51. The maximum absolute atomic E-state index is 13.7. The molecule has 0 radical (unpaired) electrons. The van der Waals surface area contributed by atoms with Crippen molar-refractivity contribution in [3.05, 3.63) is 53.6 Å². The second kappa shape index (κ2) is 6.98. The smallest absolute Gasteiger partial charge is 0.264 e. The quantitative estimate of drug-likeness (QED) is 0.653. The molecule has 0 fully saturated rings. The van der Waals surface area contributed by atoms with Crippen LogP contribution in [0.25, 0.3) is 0 Å². The first-order valence-corrected chi connectivity index (χ1v) is 8.84. The molecule has 0 aromatic heterocycles. The average molecular weight is 354 g/mol. The van der Waals surface area contributed by atoms with Gasteiger partial charge in [0.15, 0.2) is 0 Å². The molecule has 2 aromatic carbocycles. The van der Waals surface area contributed by atoms with Crippen molar-refractivity contribution < 1.29 is 17.2 Å². The number of nitrogens with one attached hydrogen (secondary N) is 1. The fourth-order valence-corrected chi connectivity index (χ4v) is 3.60. The first kappa shape index (κ1) is 17.2. The molecule has 0 saturated carbocycles. The Hall–Kier alpha value is -2.11. The Kier molecular flexibility index (Phi) is 5.23. The third kappa shape index (κ3) is 4.00. The van der Waals surface area contributed by atoms with Gasteiger partial charge < -0.3 is 0 Å². The molecule has 120 valence electrons. The highest BCUT2D eigenvalue weighted by atomic mass is 32.2. The molecule has 2 rings (SSSR count). The van der Waals surface area contributed by atoms with E-state index >= 15 is 0 Å². The van der Waals surface area contributed by atoms with E-state index < -0.39 is 26.6 Å². The van der Waals surface area contributed by atoms with E-state index in [4.69, 9.17) is 5.26 Å². The Morgan fingerprint density at radius 1 is 1.22 bits per heavy atom. The van der Waals surface area contributed by atoms with Gasteiger partial charge in [0.25, 0.3) is 10.0 Å². The van der Waals surface area contributed by atoms with Crippen LogP contribution < -0.4 is 4.72 Å². The molecule has 0 amide bonds. The van der Waals surface area contributed by atoms with E-state index in [0.717, 1.165) is 23.9 Å². The van der Waals surface area contributed by atoms with Crippen molar-refractivity contribution in [2.75, 3.05) is 4.72 Å². The maximum atomic E-state index is 13.7. The molecule has 2 aromatic rings. The number of rotatable bonds is 5. The van der Waals surface area contributed by atoms with E-state index in [-0.39, 0.29) is 5.69 Å². The Morgan fingerprint density at radius 3 is 2.61 bits per heavy atom. The fraction of sp³-hybridized carbons (Fsp3) is 0.133. The third-order valence-electron chi connectivity index (χ3n) is 3.05. The number of anilines is 1. The minimum absolute atomic E-state index is 0.262. The van der Waals surface area contributed by atoms with Gasteiger partial charge in [-0.1, -0.05) is 6.92 Å². The summed E-state index contributed by atoms with van der Waals surface area (Å²) in [4.78, 5) is -0.0840. The highest BCUT2D eigenvalue weighted by Gasteiger charge is 2.21. The zero-order valence-electron chi connectivity index (χ0n) is 12.0. The van der Waals surface area contributed by atoms with Crippen molar-refractivity contribution >= 4 is 27.5 Å². The summed E-state index contributed by atoms with van der Waals surface area (Å²) in [5.74, 6) is -1.88. The van der Waals surface area contributed by atoms with Gasteiger partial charge in [0.2, 0.25) is 0 Å². The van der Waals surface area contributed by atoms with Crippen LogP contribution in [0, 0.1) is 22.3 Å². The molecule has 8 heteroatoms. The molecule has 0 unspecified atom stereocenters. The standard InChI is InChI=1S/C15H12F2N2O2S2/c1-2-10-7-12(22-9-18)4-6-14(10)19-23(20,21)15-8-11(16)3-5-13(15)17/h3-8,19H,2H2,1H3. The lowest BCUT2D eigenvalue weighted by Gasteiger charge is -2.13. The van der Waals surface area contributed by atoms with E-state index in [0.29, 0.717) is 22.9 Å². The summed E-state index contributed by atoms with van der Waals surface area (Å²) < 4.78 is 53.7. The minimum Gasteiger partial charge on any atom is -0.279 e. The Morgan fingerprint density at radius 2 is 1.96 bits per heavy atom. The molecule has 0 spiro atoms. The van der Waals surface area contributed by atoms with Gasteiger partial charge in [-0.05, 0) is 60.1 Å². The second-order valence-electron chi connectivity index (χ2n) is 4.55. The normalized spacial score (nSPS) is 11.0. The molecule has 0 aliphatic heterocycles. The molecule has 1 N–H and O–H groups in total. The molecule has 0 aliphatic carbocycles. The summed E-state index contributed by atoms with van der Waals surface area (Å²) >= 11 is 0.951. The zero-order valence-corrected chi connectivity index (χ0v) is 13.6. The van der Waals surface area contributed by atoms with Crippen LogP contribution in [0.1, 0.15) is 12.5 Å². The van der Waals surface area contributed by atoms with Crippen molar-refractivity contribution in [2.45, 2.75) is 23.1 Å². The van der Waals surface area contributed by atoms with Gasteiger partial charge in [-0.25, -0.2) is 17.2 Å². The molecule has 23 heavy (non-hydrogen) atoms. The first-order valence-electron chi connectivity index (χ1n) is 6.54. The maximum Gasteiger partial charge on any atom is 0.264 e. The van der Waals surface area contributed by atoms with Gasteiger partial charge in [-0.2, -0.15) is 5.26 Å². The van der Waals surface area contributed by atoms with Crippen LogP contribution in [-0.2, 0) is 16.4 Å². The minimum atomic E-state index is -4.26. The van der Waals surface area contributed by atoms with E-state index in [1.165, 1.54) is 6.07 Å². The number of hydrogen-bond acceptors (Lipinski definition) is 4. The monoisotopic (exact) mass is 354 g/mol. The number of sulfonamides is 1. The van der Waals surface area contributed by atoms with Crippen molar-refractivity contribution in [2.24, 2.45) is 0 Å². The van der Waals surface area contributed by atoms with Crippen LogP contribution in [0.3, 0.4) is 0 Å². The van der Waals surface area contributed by atoms with E-state index in [9.17, 15) is 17.2 Å². The number of thiocyanates is 1. The second-order valence-corrected chi connectivity index (χ2v) is 7.06. The molecule has 0 saturated heterocycles. The molecule has 4 nitrogen and oxygen atoms in total. The van der Waals surface area contributed by atoms with Crippen LogP contribution >= 0.6 is 11.8 Å². The van der Waals surface area contributed by atoms with Crippen LogP contribution in [0.4, 0.5) is 14.5 Å². The van der Waals surface area contributed by atoms with E-state index in [1.54, 1.807) is 12.1 Å². The Balaban J connectivity index is 2.41. The molecular weight excluding hydrogens is 342 g/mol. The topological polar surface area (TPSA) is 70.0 Å². The summed E-state index contributed by atoms with van der Waals surface area (Å²) in [5.41, 5.74) is 0.907. The van der Waals surface area contributed by atoms with Crippen molar-refractivity contribution in [1.29, 1.82) is 5.26 Å². The molecular formula is C15H12F2N2O2S2. The third-order valence-corrected chi connectivity index (χ3v) is 5.01. The number of halogens is 2. The number of aryl methyl sites for hydroxylation is 1. The lowest BCUT2D eigenvalue weighted by atomic mass is 10.1. The van der Waals surface area contributed by atoms with Crippen LogP contribution in [0.5, 0.6) is 0 Å². The van der Waals surface area contributed by atoms with Gasteiger partial charge in [-0.15, -0.1) is 0 Å². The van der Waals surface area contributed by atoms with Crippen LogP contribution in [0.15, 0.2) is 46.2 Å². The lowest BCUT2D eigenvalue weighted by molar-refractivity contribution is 0.555. The lowest BCUT2D eigenvalue weighted by Crippen LogP contribution is -2.16. The molecule has 0 aliphatic rings. The summed E-state index contributed by atoms with van der Waals surface area (Å²) in [5, 5.41) is 10.6.